The maximum absolute atomic E-state index is 5.54. The van der Waals surface area contributed by atoms with Gasteiger partial charge in [0.2, 0.25) is 0 Å². The van der Waals surface area contributed by atoms with E-state index >= 15 is 0 Å². The highest BCUT2D eigenvalue weighted by Crippen LogP contribution is 2.27. The van der Waals surface area contributed by atoms with E-state index in [1.54, 1.807) is 20.4 Å². The van der Waals surface area contributed by atoms with E-state index in [0.29, 0.717) is 23.2 Å². The molecule has 0 aliphatic rings. The predicted molar refractivity (Wildman–Crippen MR) is 104 cm³/mol. The van der Waals surface area contributed by atoms with Gasteiger partial charge in [0.1, 0.15) is 5.75 Å². The lowest BCUT2D eigenvalue weighted by atomic mass is 10.2. The van der Waals surface area contributed by atoms with Gasteiger partial charge in [-0.25, -0.2) is 0 Å². The summed E-state index contributed by atoms with van der Waals surface area (Å²) in [5.74, 6) is 2.10. The van der Waals surface area contributed by atoms with Crippen LogP contribution in [0.15, 0.2) is 47.6 Å². The highest BCUT2D eigenvalue weighted by atomic mass is 32.1. The summed E-state index contributed by atoms with van der Waals surface area (Å²) < 4.78 is 16.0. The molecular formula is C18H21N3O3S. The molecule has 6 nitrogen and oxygen atoms in total. The molecule has 0 radical (unpaired) electrons. The third-order valence-corrected chi connectivity index (χ3v) is 3.39. The summed E-state index contributed by atoms with van der Waals surface area (Å²) in [6, 6.07) is 13.0. The van der Waals surface area contributed by atoms with Crippen molar-refractivity contribution in [1.29, 1.82) is 0 Å². The molecule has 25 heavy (non-hydrogen) atoms. The van der Waals surface area contributed by atoms with Crippen LogP contribution in [-0.4, -0.2) is 32.2 Å². The summed E-state index contributed by atoms with van der Waals surface area (Å²) in [4.78, 5) is 0. The van der Waals surface area contributed by atoms with Crippen molar-refractivity contribution in [3.63, 3.8) is 0 Å². The minimum Gasteiger partial charge on any atom is -0.497 e. The predicted octanol–water partition coefficient (Wildman–Crippen LogP) is 3.42. The number of nitrogens with zero attached hydrogens (tertiary/aromatic N) is 1. The van der Waals surface area contributed by atoms with Crippen molar-refractivity contribution < 1.29 is 14.2 Å². The van der Waals surface area contributed by atoms with Crippen molar-refractivity contribution >= 4 is 29.2 Å². The average Bonchev–Trinajstić information content (AvgIpc) is 2.62. The lowest BCUT2D eigenvalue weighted by molar-refractivity contribution is 0.311. The van der Waals surface area contributed by atoms with Crippen LogP contribution in [0.25, 0.3) is 0 Å². The van der Waals surface area contributed by atoms with Gasteiger partial charge in [0, 0.05) is 11.8 Å². The van der Waals surface area contributed by atoms with E-state index in [1.165, 1.54) is 0 Å². The number of ether oxygens (including phenoxy) is 3. The molecule has 2 aromatic carbocycles. The molecule has 2 rings (SSSR count). The quantitative estimate of drug-likeness (QED) is 0.449. The first kappa shape index (κ1) is 18.5. The van der Waals surface area contributed by atoms with Crippen molar-refractivity contribution in [3.05, 3.63) is 48.0 Å². The molecule has 0 unspecified atom stereocenters. The van der Waals surface area contributed by atoms with Crippen LogP contribution in [0.5, 0.6) is 17.2 Å². The summed E-state index contributed by atoms with van der Waals surface area (Å²) in [5, 5.41) is 7.54. The minimum absolute atomic E-state index is 0.378. The van der Waals surface area contributed by atoms with E-state index in [9.17, 15) is 0 Å². The number of hydrogen-bond acceptors (Lipinski definition) is 5. The first-order valence-corrected chi connectivity index (χ1v) is 8.12. The number of hydrogen-bond donors (Lipinski definition) is 2. The zero-order valence-electron chi connectivity index (χ0n) is 14.4. The Bertz CT molecular complexity index is 750. The summed E-state index contributed by atoms with van der Waals surface area (Å²) in [6.07, 6.45) is 1.65. The molecule has 0 fully saturated rings. The Labute approximate surface area is 152 Å². The summed E-state index contributed by atoms with van der Waals surface area (Å²) in [6.45, 7) is 2.48. The van der Waals surface area contributed by atoms with Gasteiger partial charge in [-0.15, -0.1) is 0 Å². The van der Waals surface area contributed by atoms with Gasteiger partial charge in [-0.2, -0.15) is 5.10 Å². The fraction of sp³-hybridized carbons (Fsp3) is 0.222. The van der Waals surface area contributed by atoms with Gasteiger partial charge in [-0.05, 0) is 55.0 Å². The minimum atomic E-state index is 0.378. The van der Waals surface area contributed by atoms with Crippen LogP contribution in [0, 0.1) is 0 Å². The van der Waals surface area contributed by atoms with Crippen molar-refractivity contribution in [2.75, 3.05) is 26.1 Å². The molecule has 0 amide bonds. The molecule has 2 aromatic rings. The van der Waals surface area contributed by atoms with E-state index in [-0.39, 0.29) is 0 Å². The highest BCUT2D eigenvalue weighted by molar-refractivity contribution is 7.80. The van der Waals surface area contributed by atoms with Crippen LogP contribution < -0.4 is 25.0 Å². The van der Waals surface area contributed by atoms with Crippen molar-refractivity contribution in [3.8, 4) is 17.2 Å². The number of hydrazone groups is 1. The SMILES string of the molecule is CCOc1cc(/C=N\NC(=S)Nc2cccc(OC)c2)ccc1OC. The molecule has 0 spiro atoms. The first-order valence-electron chi connectivity index (χ1n) is 7.71. The number of nitrogens with one attached hydrogen (secondary N) is 2. The van der Waals surface area contributed by atoms with E-state index in [1.807, 2.05) is 49.4 Å². The molecule has 0 saturated carbocycles. The Morgan fingerprint density at radius 1 is 1.12 bits per heavy atom. The number of thiocarbonyl (C=S) groups is 1. The average molecular weight is 359 g/mol. The number of rotatable bonds is 7. The monoisotopic (exact) mass is 359 g/mol. The van der Waals surface area contributed by atoms with Gasteiger partial charge in [0.05, 0.1) is 27.0 Å². The molecule has 2 N–H and O–H groups in total. The van der Waals surface area contributed by atoms with Gasteiger partial charge in [0.25, 0.3) is 0 Å². The molecular weight excluding hydrogens is 338 g/mol. The first-order chi connectivity index (χ1) is 12.2. The lowest BCUT2D eigenvalue weighted by Gasteiger charge is -2.10. The fourth-order valence-electron chi connectivity index (χ4n) is 2.07. The molecule has 132 valence electrons. The molecule has 0 heterocycles. The Morgan fingerprint density at radius 3 is 2.68 bits per heavy atom. The summed E-state index contributed by atoms with van der Waals surface area (Å²) >= 11 is 5.22. The Morgan fingerprint density at radius 2 is 1.96 bits per heavy atom. The standard InChI is InChI=1S/C18H21N3O3S/c1-4-24-17-10-13(8-9-16(17)23-3)12-19-21-18(25)20-14-6-5-7-15(11-14)22-2/h5-12H,4H2,1-3H3,(H2,20,21,25)/b19-12-. The largest absolute Gasteiger partial charge is 0.497 e. The highest BCUT2D eigenvalue weighted by Gasteiger charge is 2.04. The second-order valence-electron chi connectivity index (χ2n) is 4.90. The maximum atomic E-state index is 5.54. The van der Waals surface area contributed by atoms with E-state index in [2.05, 4.69) is 15.8 Å². The molecule has 0 aliphatic carbocycles. The second-order valence-corrected chi connectivity index (χ2v) is 5.31. The molecule has 0 bridgehead atoms. The van der Waals surface area contributed by atoms with E-state index in [4.69, 9.17) is 26.4 Å². The van der Waals surface area contributed by atoms with Crippen LogP contribution in [0.3, 0.4) is 0 Å². The van der Waals surface area contributed by atoms with Crippen LogP contribution in [0.1, 0.15) is 12.5 Å². The molecule has 7 heteroatoms. The molecule has 0 aromatic heterocycles. The number of benzene rings is 2. The van der Waals surface area contributed by atoms with E-state index < -0.39 is 0 Å². The van der Waals surface area contributed by atoms with Gasteiger partial charge in [-0.1, -0.05) is 6.07 Å². The van der Waals surface area contributed by atoms with Gasteiger partial charge in [-0.3, -0.25) is 5.43 Å². The van der Waals surface area contributed by atoms with Crippen LogP contribution in [-0.2, 0) is 0 Å². The van der Waals surface area contributed by atoms with Crippen LogP contribution in [0.2, 0.25) is 0 Å². The third-order valence-electron chi connectivity index (χ3n) is 3.19. The van der Waals surface area contributed by atoms with Crippen molar-refractivity contribution in [2.45, 2.75) is 6.92 Å². The second kappa shape index (κ2) is 9.48. The normalized spacial score (nSPS) is 10.4. The summed E-state index contributed by atoms with van der Waals surface area (Å²) in [7, 11) is 3.22. The van der Waals surface area contributed by atoms with Crippen molar-refractivity contribution in [1.82, 2.24) is 5.43 Å². The molecule has 0 saturated heterocycles. The van der Waals surface area contributed by atoms with Gasteiger partial charge in [0.15, 0.2) is 16.6 Å². The number of anilines is 1. The van der Waals surface area contributed by atoms with Gasteiger partial charge >= 0.3 is 0 Å². The molecule has 0 atom stereocenters. The topological polar surface area (TPSA) is 64.1 Å². The Balaban J connectivity index is 1.95. The van der Waals surface area contributed by atoms with Crippen LogP contribution >= 0.6 is 12.2 Å². The zero-order valence-corrected chi connectivity index (χ0v) is 15.2. The van der Waals surface area contributed by atoms with Crippen molar-refractivity contribution in [2.24, 2.45) is 5.10 Å². The van der Waals surface area contributed by atoms with Gasteiger partial charge < -0.3 is 19.5 Å². The van der Waals surface area contributed by atoms with Crippen LogP contribution in [0.4, 0.5) is 5.69 Å². The Kier molecular flexibility index (Phi) is 7.03. The third kappa shape index (κ3) is 5.65. The van der Waals surface area contributed by atoms with E-state index in [0.717, 1.165) is 17.0 Å². The molecule has 0 aliphatic heterocycles. The lowest BCUT2D eigenvalue weighted by Crippen LogP contribution is -2.23. The Hall–Kier alpha value is -2.80. The summed E-state index contributed by atoms with van der Waals surface area (Å²) in [5.41, 5.74) is 4.45. The zero-order chi connectivity index (χ0) is 18.1. The maximum Gasteiger partial charge on any atom is 0.191 e. The smallest absolute Gasteiger partial charge is 0.191 e. The number of methoxy groups -OCH3 is 2. The fourth-order valence-corrected chi connectivity index (χ4v) is 2.24.